The number of hydrogen-bond acceptors (Lipinski definition) is 2. The summed E-state index contributed by atoms with van der Waals surface area (Å²) in [6, 6.07) is 1.80. The lowest BCUT2D eigenvalue weighted by atomic mass is 10.2. The molecule has 2 aromatic rings. The van der Waals surface area contributed by atoms with Crippen molar-refractivity contribution in [3.63, 3.8) is 0 Å². The minimum absolute atomic E-state index is 0.215. The van der Waals surface area contributed by atoms with E-state index in [0.717, 1.165) is 11.2 Å². The monoisotopic (exact) mass is 254 g/mol. The van der Waals surface area contributed by atoms with Crippen molar-refractivity contribution in [3.05, 3.63) is 28.1 Å². The molecule has 2 N–H and O–H groups in total. The molecule has 0 unspecified atom stereocenters. The van der Waals surface area contributed by atoms with Crippen LogP contribution in [0.15, 0.2) is 16.9 Å². The Kier molecular flexibility index (Phi) is 2.03. The number of H-pyrrole nitrogens is 1. The van der Waals surface area contributed by atoms with E-state index in [0.29, 0.717) is 9.99 Å². The summed E-state index contributed by atoms with van der Waals surface area (Å²) < 4.78 is 0.630. The molecule has 0 saturated heterocycles. The Labute approximate surface area is 88.1 Å². The summed E-state index contributed by atoms with van der Waals surface area (Å²) >= 11 is 3.26. The van der Waals surface area contributed by atoms with Gasteiger partial charge in [-0.25, -0.2) is 9.78 Å². The molecule has 0 aliphatic carbocycles. The van der Waals surface area contributed by atoms with Gasteiger partial charge < -0.3 is 10.1 Å². The minimum Gasteiger partial charge on any atom is -0.478 e. The molecule has 0 radical (unpaired) electrons. The molecule has 72 valence electrons. The number of nitrogens with one attached hydrogen (secondary N) is 1. The number of aromatic amines is 1. The number of carboxylic acid groups (broad SMARTS) is 1. The second kappa shape index (κ2) is 3.09. The second-order valence-electron chi connectivity index (χ2n) is 3.01. The van der Waals surface area contributed by atoms with Crippen LogP contribution in [-0.2, 0) is 0 Å². The number of carboxylic acids is 1. The van der Waals surface area contributed by atoms with Crippen LogP contribution < -0.4 is 0 Å². The van der Waals surface area contributed by atoms with E-state index in [1.54, 1.807) is 6.07 Å². The predicted molar refractivity (Wildman–Crippen MR) is 55.5 cm³/mol. The number of rotatable bonds is 1. The van der Waals surface area contributed by atoms with Gasteiger partial charge in [-0.05, 0) is 28.9 Å². The molecule has 0 saturated carbocycles. The van der Waals surface area contributed by atoms with Crippen molar-refractivity contribution in [2.45, 2.75) is 6.92 Å². The van der Waals surface area contributed by atoms with Crippen LogP contribution in [0.25, 0.3) is 10.9 Å². The molecule has 0 atom stereocenters. The topological polar surface area (TPSA) is 66.0 Å². The van der Waals surface area contributed by atoms with Gasteiger partial charge in [0.2, 0.25) is 0 Å². The van der Waals surface area contributed by atoms with Gasteiger partial charge in [-0.3, -0.25) is 0 Å². The highest BCUT2D eigenvalue weighted by Gasteiger charge is 2.12. The van der Waals surface area contributed by atoms with Gasteiger partial charge in [-0.1, -0.05) is 0 Å². The fourth-order valence-electron chi connectivity index (χ4n) is 1.39. The first-order valence-corrected chi connectivity index (χ1v) is 4.76. The molecule has 0 bridgehead atoms. The van der Waals surface area contributed by atoms with Crippen molar-refractivity contribution < 1.29 is 9.90 Å². The van der Waals surface area contributed by atoms with Crippen LogP contribution in [0.2, 0.25) is 0 Å². The number of aromatic carboxylic acids is 1. The van der Waals surface area contributed by atoms with E-state index >= 15 is 0 Å². The number of halogens is 1. The summed E-state index contributed by atoms with van der Waals surface area (Å²) in [5, 5.41) is 9.59. The van der Waals surface area contributed by atoms with Gasteiger partial charge in [-0.15, -0.1) is 0 Å². The van der Waals surface area contributed by atoms with E-state index in [1.807, 2.05) is 6.92 Å². The molecule has 0 fully saturated rings. The summed E-state index contributed by atoms with van der Waals surface area (Å²) in [7, 11) is 0. The third-order valence-corrected chi connectivity index (χ3v) is 2.59. The summed E-state index contributed by atoms with van der Waals surface area (Å²) in [5.74, 6) is -0.964. The highest BCUT2D eigenvalue weighted by atomic mass is 79.9. The molecular formula is C9H7BrN2O2. The first-order valence-electron chi connectivity index (χ1n) is 3.96. The zero-order valence-electron chi connectivity index (χ0n) is 7.34. The standard InChI is InChI=1S/C9H7BrN2O2/c1-4-2-5-6(9(13)14)3-11-8(10)7(5)12-4/h2-3,12H,1H3,(H,13,14). The molecule has 0 aliphatic rings. The largest absolute Gasteiger partial charge is 0.478 e. The number of aromatic nitrogens is 2. The van der Waals surface area contributed by atoms with E-state index < -0.39 is 5.97 Å². The van der Waals surface area contributed by atoms with Gasteiger partial charge in [0.25, 0.3) is 0 Å². The van der Waals surface area contributed by atoms with Crippen LogP contribution in [0.4, 0.5) is 0 Å². The first-order chi connectivity index (χ1) is 6.59. The zero-order chi connectivity index (χ0) is 10.3. The molecule has 0 aliphatic heterocycles. The molecule has 0 aromatic carbocycles. The molecule has 2 heterocycles. The average molecular weight is 255 g/mol. The normalized spacial score (nSPS) is 10.7. The van der Waals surface area contributed by atoms with Gasteiger partial charge in [0.1, 0.15) is 4.60 Å². The number of carbonyl (C=O) groups is 1. The summed E-state index contributed by atoms with van der Waals surface area (Å²) in [5.41, 5.74) is 1.85. The quantitative estimate of drug-likeness (QED) is 0.768. The number of nitrogens with zero attached hydrogens (tertiary/aromatic N) is 1. The maximum absolute atomic E-state index is 10.9. The summed E-state index contributed by atoms with van der Waals surface area (Å²) in [6.07, 6.45) is 1.35. The summed E-state index contributed by atoms with van der Waals surface area (Å²) in [4.78, 5) is 17.9. The fraction of sp³-hybridized carbons (Fsp3) is 0.111. The maximum Gasteiger partial charge on any atom is 0.337 e. The first kappa shape index (κ1) is 9.21. The molecule has 0 spiro atoms. The number of hydrogen-bond donors (Lipinski definition) is 2. The van der Waals surface area contributed by atoms with Crippen LogP contribution in [0.5, 0.6) is 0 Å². The van der Waals surface area contributed by atoms with Crippen LogP contribution in [0, 0.1) is 6.92 Å². The lowest BCUT2D eigenvalue weighted by Crippen LogP contribution is -1.98. The smallest absolute Gasteiger partial charge is 0.337 e. The second-order valence-corrected chi connectivity index (χ2v) is 3.76. The fourth-order valence-corrected chi connectivity index (χ4v) is 1.81. The van der Waals surface area contributed by atoms with Crippen molar-refractivity contribution in [1.29, 1.82) is 0 Å². The van der Waals surface area contributed by atoms with Gasteiger partial charge >= 0.3 is 5.97 Å². The third kappa shape index (κ3) is 1.29. The number of aryl methyl sites for hydroxylation is 1. The third-order valence-electron chi connectivity index (χ3n) is 1.99. The average Bonchev–Trinajstić information content (AvgIpc) is 2.47. The molecule has 2 rings (SSSR count). The Morgan fingerprint density at radius 1 is 1.64 bits per heavy atom. The van der Waals surface area contributed by atoms with Crippen LogP contribution >= 0.6 is 15.9 Å². The van der Waals surface area contributed by atoms with Gasteiger partial charge in [0.15, 0.2) is 0 Å². The van der Waals surface area contributed by atoms with Crippen LogP contribution in [0.3, 0.4) is 0 Å². The SMILES string of the molecule is Cc1cc2c(C(=O)O)cnc(Br)c2[nH]1. The summed E-state index contributed by atoms with van der Waals surface area (Å²) in [6.45, 7) is 1.87. The maximum atomic E-state index is 10.9. The molecule has 14 heavy (non-hydrogen) atoms. The van der Waals surface area contributed by atoms with E-state index in [2.05, 4.69) is 25.9 Å². The molecular weight excluding hydrogens is 248 g/mol. The van der Waals surface area contributed by atoms with E-state index in [1.165, 1.54) is 6.20 Å². The zero-order valence-corrected chi connectivity index (χ0v) is 8.92. The lowest BCUT2D eigenvalue weighted by Gasteiger charge is -1.97. The van der Waals surface area contributed by atoms with Gasteiger partial charge in [0, 0.05) is 17.3 Å². The van der Waals surface area contributed by atoms with Crippen LogP contribution in [-0.4, -0.2) is 21.0 Å². The van der Waals surface area contributed by atoms with E-state index in [-0.39, 0.29) is 5.56 Å². The molecule has 2 aromatic heterocycles. The number of fused-ring (bicyclic) bond motifs is 1. The van der Waals surface area contributed by atoms with Crippen molar-refractivity contribution in [1.82, 2.24) is 9.97 Å². The molecule has 0 amide bonds. The van der Waals surface area contributed by atoms with Gasteiger partial charge in [0.05, 0.1) is 11.1 Å². The van der Waals surface area contributed by atoms with E-state index in [9.17, 15) is 4.79 Å². The van der Waals surface area contributed by atoms with Crippen molar-refractivity contribution in [3.8, 4) is 0 Å². The Hall–Kier alpha value is -1.36. The molecule has 5 heteroatoms. The van der Waals surface area contributed by atoms with E-state index in [4.69, 9.17) is 5.11 Å². The highest BCUT2D eigenvalue weighted by molar-refractivity contribution is 9.10. The van der Waals surface area contributed by atoms with Crippen molar-refractivity contribution >= 4 is 32.8 Å². The Balaban J connectivity index is 2.87. The Morgan fingerprint density at radius 2 is 2.36 bits per heavy atom. The lowest BCUT2D eigenvalue weighted by molar-refractivity contribution is 0.0698. The highest BCUT2D eigenvalue weighted by Crippen LogP contribution is 2.24. The predicted octanol–water partition coefficient (Wildman–Crippen LogP) is 2.33. The molecule has 4 nitrogen and oxygen atoms in total. The van der Waals surface area contributed by atoms with Crippen molar-refractivity contribution in [2.24, 2.45) is 0 Å². The van der Waals surface area contributed by atoms with Crippen LogP contribution in [0.1, 0.15) is 16.1 Å². The number of pyridine rings is 1. The van der Waals surface area contributed by atoms with Gasteiger partial charge in [-0.2, -0.15) is 0 Å². The Bertz CT molecular complexity index is 519. The minimum atomic E-state index is -0.964. The Morgan fingerprint density at radius 3 is 3.00 bits per heavy atom. The van der Waals surface area contributed by atoms with Crippen molar-refractivity contribution in [2.75, 3.05) is 0 Å².